The molecule has 2 N–H and O–H groups in total. The molecule has 7 heteroatoms. The Bertz CT molecular complexity index is 856. The predicted molar refractivity (Wildman–Crippen MR) is 106 cm³/mol. The first-order valence-corrected chi connectivity index (χ1v) is 9.56. The minimum absolute atomic E-state index is 0.0984. The topological polar surface area (TPSA) is 81.9 Å². The lowest BCUT2D eigenvalue weighted by molar-refractivity contribution is -0.119. The summed E-state index contributed by atoms with van der Waals surface area (Å²) in [5, 5.41) is 0. The maximum atomic E-state index is 12.8. The largest absolute Gasteiger partial charge is 0.513 e. The second-order valence-corrected chi connectivity index (χ2v) is 7.07. The average molecular weight is 433 g/mol. The maximum absolute atomic E-state index is 12.8. The van der Waals surface area contributed by atoms with Crippen molar-refractivity contribution in [2.45, 2.75) is 25.8 Å². The first kappa shape index (κ1) is 19.4. The Labute approximate surface area is 166 Å². The lowest BCUT2D eigenvalue weighted by atomic mass is 10.1. The van der Waals surface area contributed by atoms with E-state index >= 15 is 0 Å². The van der Waals surface area contributed by atoms with Crippen molar-refractivity contribution >= 4 is 33.7 Å². The van der Waals surface area contributed by atoms with Crippen molar-refractivity contribution in [1.82, 2.24) is 0 Å². The minimum atomic E-state index is -0.753. The molecule has 0 aromatic heterocycles. The summed E-state index contributed by atoms with van der Waals surface area (Å²) >= 11 is 3.45. The Hall–Kier alpha value is -2.38. The summed E-state index contributed by atoms with van der Waals surface area (Å²) < 4.78 is 10.5. The molecule has 6 nitrogen and oxygen atoms in total. The first-order valence-electron chi connectivity index (χ1n) is 8.77. The van der Waals surface area contributed by atoms with Gasteiger partial charge >= 0.3 is 6.16 Å². The van der Waals surface area contributed by atoms with E-state index in [9.17, 15) is 9.59 Å². The van der Waals surface area contributed by atoms with Crippen molar-refractivity contribution in [1.29, 1.82) is 0 Å². The lowest BCUT2D eigenvalue weighted by Crippen LogP contribution is -2.44. The van der Waals surface area contributed by atoms with Gasteiger partial charge in [0.2, 0.25) is 5.91 Å². The van der Waals surface area contributed by atoms with Gasteiger partial charge in [0.1, 0.15) is 5.75 Å². The van der Waals surface area contributed by atoms with E-state index < -0.39 is 12.2 Å². The number of carbonyl (C=O) groups excluding carboxylic acids is 2. The molecule has 0 aliphatic carbocycles. The van der Waals surface area contributed by atoms with Gasteiger partial charge < -0.3 is 20.1 Å². The maximum Gasteiger partial charge on any atom is 0.513 e. The van der Waals surface area contributed by atoms with Crippen LogP contribution in [0.4, 0.5) is 10.5 Å². The van der Waals surface area contributed by atoms with Crippen LogP contribution >= 0.6 is 15.9 Å². The average Bonchev–Trinajstić information content (AvgIpc) is 3.07. The number of nitrogens with two attached hydrogens (primary N) is 1. The van der Waals surface area contributed by atoms with Crippen molar-refractivity contribution in [3.63, 3.8) is 0 Å². The van der Waals surface area contributed by atoms with Crippen LogP contribution in [0.1, 0.15) is 18.1 Å². The summed E-state index contributed by atoms with van der Waals surface area (Å²) in [6.45, 7) is 2.60. The molecule has 0 spiro atoms. The van der Waals surface area contributed by atoms with Crippen LogP contribution in [0.25, 0.3) is 0 Å². The van der Waals surface area contributed by atoms with E-state index in [1.54, 1.807) is 30.0 Å². The van der Waals surface area contributed by atoms with E-state index in [-0.39, 0.29) is 12.5 Å². The SMILES string of the molecule is CCOC(=O)Oc1ccc(CC(N)C(=O)N2CCc3ccccc32)c(Br)c1. The van der Waals surface area contributed by atoms with Gasteiger partial charge in [-0.3, -0.25) is 4.79 Å². The molecule has 0 fully saturated rings. The van der Waals surface area contributed by atoms with Crippen LogP contribution in [0.3, 0.4) is 0 Å². The van der Waals surface area contributed by atoms with E-state index in [0.29, 0.717) is 18.7 Å². The molecule has 2 aromatic carbocycles. The van der Waals surface area contributed by atoms with Gasteiger partial charge in [-0.05, 0) is 49.1 Å². The van der Waals surface area contributed by atoms with Crippen molar-refractivity contribution in [3.05, 3.63) is 58.1 Å². The van der Waals surface area contributed by atoms with Gasteiger partial charge in [-0.1, -0.05) is 40.2 Å². The summed E-state index contributed by atoms with van der Waals surface area (Å²) in [6, 6.07) is 12.3. The third kappa shape index (κ3) is 4.48. The molecule has 1 atom stereocenters. The molecule has 3 rings (SSSR count). The number of hydrogen-bond donors (Lipinski definition) is 1. The fraction of sp³-hybridized carbons (Fsp3) is 0.300. The highest BCUT2D eigenvalue weighted by atomic mass is 79.9. The predicted octanol–water partition coefficient (Wildman–Crippen LogP) is 3.44. The molecule has 1 heterocycles. The fourth-order valence-electron chi connectivity index (χ4n) is 3.09. The van der Waals surface area contributed by atoms with Crippen molar-refractivity contribution in [2.75, 3.05) is 18.1 Å². The number of fused-ring (bicyclic) bond motifs is 1. The van der Waals surface area contributed by atoms with Gasteiger partial charge in [-0.15, -0.1) is 0 Å². The van der Waals surface area contributed by atoms with E-state index in [1.807, 2.05) is 24.3 Å². The number of anilines is 1. The van der Waals surface area contributed by atoms with E-state index in [0.717, 1.165) is 22.1 Å². The highest BCUT2D eigenvalue weighted by molar-refractivity contribution is 9.10. The van der Waals surface area contributed by atoms with Crippen molar-refractivity contribution in [2.24, 2.45) is 5.73 Å². The van der Waals surface area contributed by atoms with Crippen LogP contribution in [-0.2, 0) is 22.4 Å². The molecule has 142 valence electrons. The molecule has 1 unspecified atom stereocenters. The summed E-state index contributed by atoms with van der Waals surface area (Å²) in [5.41, 5.74) is 9.16. The molecular formula is C20H21BrN2O4. The molecular weight excluding hydrogens is 412 g/mol. The molecule has 0 saturated carbocycles. The molecule has 0 bridgehead atoms. The van der Waals surface area contributed by atoms with Gasteiger partial charge in [0.25, 0.3) is 0 Å². The Morgan fingerprint density at radius 2 is 2.04 bits per heavy atom. The van der Waals surface area contributed by atoms with Crippen LogP contribution in [0.15, 0.2) is 46.9 Å². The van der Waals surface area contributed by atoms with Gasteiger partial charge in [0.05, 0.1) is 12.6 Å². The number of ether oxygens (including phenoxy) is 2. The van der Waals surface area contributed by atoms with Crippen LogP contribution in [0.5, 0.6) is 5.75 Å². The lowest BCUT2D eigenvalue weighted by Gasteiger charge is -2.22. The number of nitrogens with zero attached hydrogens (tertiary/aromatic N) is 1. The highest BCUT2D eigenvalue weighted by Gasteiger charge is 2.28. The van der Waals surface area contributed by atoms with E-state index in [4.69, 9.17) is 15.2 Å². The molecule has 1 amide bonds. The summed E-state index contributed by atoms with van der Waals surface area (Å²) in [6.07, 6.45) is 0.465. The summed E-state index contributed by atoms with van der Waals surface area (Å²) in [4.78, 5) is 26.0. The summed E-state index contributed by atoms with van der Waals surface area (Å²) in [5.74, 6) is 0.260. The van der Waals surface area contributed by atoms with Crippen molar-refractivity contribution in [3.8, 4) is 5.75 Å². The zero-order valence-electron chi connectivity index (χ0n) is 15.0. The van der Waals surface area contributed by atoms with Crippen molar-refractivity contribution < 1.29 is 19.1 Å². The quantitative estimate of drug-likeness (QED) is 0.577. The highest BCUT2D eigenvalue weighted by Crippen LogP contribution is 2.29. The number of amides is 1. The Balaban J connectivity index is 1.66. The van der Waals surface area contributed by atoms with E-state index in [1.165, 1.54) is 5.56 Å². The van der Waals surface area contributed by atoms with Crippen LogP contribution in [-0.4, -0.2) is 31.3 Å². The number of para-hydroxylation sites is 1. The fourth-order valence-corrected chi connectivity index (χ4v) is 3.61. The number of halogens is 1. The summed E-state index contributed by atoms with van der Waals surface area (Å²) in [7, 11) is 0. The van der Waals surface area contributed by atoms with Gasteiger partial charge in [-0.2, -0.15) is 0 Å². The normalized spacial score (nSPS) is 13.8. The number of benzene rings is 2. The van der Waals surface area contributed by atoms with Crippen LogP contribution in [0, 0.1) is 0 Å². The number of rotatable bonds is 5. The number of carbonyl (C=O) groups is 2. The Morgan fingerprint density at radius 3 is 2.78 bits per heavy atom. The molecule has 0 saturated heterocycles. The minimum Gasteiger partial charge on any atom is -0.434 e. The van der Waals surface area contributed by atoms with Gasteiger partial charge in [0, 0.05) is 16.7 Å². The third-order valence-electron chi connectivity index (χ3n) is 4.40. The monoisotopic (exact) mass is 432 g/mol. The molecule has 1 aliphatic heterocycles. The van der Waals surface area contributed by atoms with Crippen LogP contribution in [0.2, 0.25) is 0 Å². The molecule has 0 radical (unpaired) electrons. The zero-order chi connectivity index (χ0) is 19.4. The van der Waals surface area contributed by atoms with Gasteiger partial charge in [-0.25, -0.2) is 4.79 Å². The second-order valence-electron chi connectivity index (χ2n) is 6.22. The Morgan fingerprint density at radius 1 is 1.26 bits per heavy atom. The van der Waals surface area contributed by atoms with E-state index in [2.05, 4.69) is 15.9 Å². The molecule has 27 heavy (non-hydrogen) atoms. The molecule has 1 aliphatic rings. The smallest absolute Gasteiger partial charge is 0.434 e. The number of hydrogen-bond acceptors (Lipinski definition) is 5. The van der Waals surface area contributed by atoms with Crippen LogP contribution < -0.4 is 15.4 Å². The first-order chi connectivity index (χ1) is 13.0. The second kappa shape index (κ2) is 8.54. The third-order valence-corrected chi connectivity index (χ3v) is 5.14. The van der Waals surface area contributed by atoms with Gasteiger partial charge in [0.15, 0.2) is 0 Å². The molecule has 2 aromatic rings. The standard InChI is InChI=1S/C20H21BrN2O4/c1-2-26-20(25)27-15-8-7-14(16(21)12-15)11-17(22)19(24)23-10-9-13-5-3-4-6-18(13)23/h3-8,12,17H,2,9-11,22H2,1H3. The zero-order valence-corrected chi connectivity index (χ0v) is 16.6. The Kier molecular flexibility index (Phi) is 6.13.